The number of phenolic OH excluding ortho intramolecular Hbond substituents is 1. The number of rotatable bonds is 5. The third-order valence-corrected chi connectivity index (χ3v) is 3.45. The van der Waals surface area contributed by atoms with Crippen LogP contribution in [0.1, 0.15) is 12.0 Å². The minimum absolute atomic E-state index is 0.0913. The Morgan fingerprint density at radius 3 is 2.79 bits per heavy atom. The number of carboxylic acid groups (broad SMARTS) is 1. The summed E-state index contributed by atoms with van der Waals surface area (Å²) in [5.41, 5.74) is 0.693. The van der Waals surface area contributed by atoms with Crippen LogP contribution < -0.4 is 4.74 Å². The molecule has 0 saturated carbocycles. The Morgan fingerprint density at radius 2 is 2.21 bits per heavy atom. The van der Waals surface area contributed by atoms with Crippen molar-refractivity contribution in [1.29, 1.82) is 0 Å². The molecule has 1 aromatic carbocycles. The normalized spacial score (nSPS) is 16.1. The number of hydrogen-bond acceptors (Lipinski definition) is 4. The van der Waals surface area contributed by atoms with Crippen LogP contribution in [0.5, 0.6) is 11.5 Å². The van der Waals surface area contributed by atoms with Gasteiger partial charge >= 0.3 is 5.97 Å². The quantitative estimate of drug-likeness (QED) is 0.865. The van der Waals surface area contributed by atoms with Crippen LogP contribution in [-0.4, -0.2) is 41.3 Å². The fourth-order valence-electron chi connectivity index (χ4n) is 2.33. The van der Waals surface area contributed by atoms with E-state index in [2.05, 4.69) is 4.90 Å². The zero-order valence-corrected chi connectivity index (χ0v) is 11.4. The van der Waals surface area contributed by atoms with Crippen molar-refractivity contribution in [3.05, 3.63) is 22.7 Å². The molecule has 0 radical (unpaired) electrons. The van der Waals surface area contributed by atoms with Gasteiger partial charge in [0.15, 0.2) is 11.5 Å². The highest BCUT2D eigenvalue weighted by atomic mass is 35.5. The Balaban J connectivity index is 1.98. The van der Waals surface area contributed by atoms with Gasteiger partial charge in [0, 0.05) is 36.3 Å². The van der Waals surface area contributed by atoms with Crippen LogP contribution >= 0.6 is 11.6 Å². The van der Waals surface area contributed by atoms with Crippen molar-refractivity contribution in [3.8, 4) is 11.5 Å². The van der Waals surface area contributed by atoms with Gasteiger partial charge in [-0.3, -0.25) is 9.69 Å². The lowest BCUT2D eigenvalue weighted by atomic mass is 9.95. The summed E-state index contributed by atoms with van der Waals surface area (Å²) in [5.74, 6) is -0.128. The van der Waals surface area contributed by atoms with Crippen molar-refractivity contribution in [3.63, 3.8) is 0 Å². The minimum atomic E-state index is -0.767. The van der Waals surface area contributed by atoms with Gasteiger partial charge in [-0.25, -0.2) is 0 Å². The lowest BCUT2D eigenvalue weighted by Gasteiger charge is -2.38. The SMILES string of the molecule is COc1cc(Cl)cc(CN2CC(CC(=O)O)C2)c1O. The van der Waals surface area contributed by atoms with Crippen LogP contribution in [0.4, 0.5) is 0 Å². The van der Waals surface area contributed by atoms with Gasteiger partial charge in [-0.05, 0) is 12.0 Å². The summed E-state index contributed by atoms with van der Waals surface area (Å²) >= 11 is 5.96. The molecule has 0 aromatic heterocycles. The number of aliphatic carboxylic acids is 1. The number of hydrogen-bond donors (Lipinski definition) is 2. The first-order valence-corrected chi connectivity index (χ1v) is 6.37. The number of methoxy groups -OCH3 is 1. The second-order valence-corrected chi connectivity index (χ2v) is 5.21. The number of halogens is 1. The Morgan fingerprint density at radius 1 is 1.53 bits per heavy atom. The number of carbonyl (C=O) groups is 1. The van der Waals surface area contributed by atoms with Gasteiger partial charge in [0.2, 0.25) is 0 Å². The summed E-state index contributed by atoms with van der Waals surface area (Å²) in [6, 6.07) is 3.26. The number of benzene rings is 1. The first-order chi connectivity index (χ1) is 8.99. The molecule has 0 amide bonds. The molecule has 19 heavy (non-hydrogen) atoms. The highest BCUT2D eigenvalue weighted by Gasteiger charge is 2.29. The molecule has 0 bridgehead atoms. The standard InChI is InChI=1S/C13H16ClNO4/c1-19-11-4-10(14)3-9(13(11)18)7-15-5-8(6-15)2-12(16)17/h3-4,8,18H,2,5-7H2,1H3,(H,16,17). The molecule has 0 aliphatic carbocycles. The Hall–Kier alpha value is -1.46. The molecule has 0 unspecified atom stereocenters. The fourth-order valence-corrected chi connectivity index (χ4v) is 2.56. The minimum Gasteiger partial charge on any atom is -0.504 e. The summed E-state index contributed by atoms with van der Waals surface area (Å²) in [6.07, 6.45) is 0.196. The van der Waals surface area contributed by atoms with Crippen LogP contribution in [0.15, 0.2) is 12.1 Å². The van der Waals surface area contributed by atoms with Crippen molar-refractivity contribution in [2.24, 2.45) is 5.92 Å². The van der Waals surface area contributed by atoms with Crippen LogP contribution in [0.3, 0.4) is 0 Å². The van der Waals surface area contributed by atoms with Gasteiger partial charge < -0.3 is 14.9 Å². The molecular weight excluding hydrogens is 270 g/mol. The van der Waals surface area contributed by atoms with E-state index in [-0.39, 0.29) is 18.1 Å². The van der Waals surface area contributed by atoms with Crippen LogP contribution in [0.25, 0.3) is 0 Å². The predicted molar refractivity (Wildman–Crippen MR) is 70.7 cm³/mol. The molecule has 5 nitrogen and oxygen atoms in total. The number of aromatic hydroxyl groups is 1. The van der Waals surface area contributed by atoms with Gasteiger partial charge in [-0.15, -0.1) is 0 Å². The average molecular weight is 286 g/mol. The summed E-state index contributed by atoms with van der Waals surface area (Å²) in [4.78, 5) is 12.6. The monoisotopic (exact) mass is 285 g/mol. The number of nitrogens with zero attached hydrogens (tertiary/aromatic N) is 1. The van der Waals surface area contributed by atoms with Crippen molar-refractivity contribution in [2.45, 2.75) is 13.0 Å². The fraction of sp³-hybridized carbons (Fsp3) is 0.462. The lowest BCUT2D eigenvalue weighted by molar-refractivity contribution is -0.139. The molecule has 104 valence electrons. The first kappa shape index (κ1) is 14.0. The van der Waals surface area contributed by atoms with E-state index in [0.29, 0.717) is 22.9 Å². The molecule has 0 atom stereocenters. The summed E-state index contributed by atoms with van der Waals surface area (Å²) in [7, 11) is 1.47. The lowest BCUT2D eigenvalue weighted by Crippen LogP contribution is -2.46. The van der Waals surface area contributed by atoms with Crippen LogP contribution in [-0.2, 0) is 11.3 Å². The van der Waals surface area contributed by atoms with E-state index in [4.69, 9.17) is 21.4 Å². The topological polar surface area (TPSA) is 70.0 Å². The summed E-state index contributed by atoms with van der Waals surface area (Å²) in [6.45, 7) is 1.99. The maximum atomic E-state index is 10.6. The average Bonchev–Trinajstić information content (AvgIpc) is 2.29. The van der Waals surface area contributed by atoms with E-state index < -0.39 is 5.97 Å². The Bertz CT molecular complexity index is 486. The maximum Gasteiger partial charge on any atom is 0.303 e. The van der Waals surface area contributed by atoms with E-state index in [1.165, 1.54) is 7.11 Å². The summed E-state index contributed by atoms with van der Waals surface area (Å²) < 4.78 is 5.04. The highest BCUT2D eigenvalue weighted by Crippen LogP contribution is 2.35. The molecule has 1 heterocycles. The molecule has 1 fully saturated rings. The zero-order chi connectivity index (χ0) is 14.0. The molecule has 1 aliphatic rings. The molecule has 1 aliphatic heterocycles. The Labute approximate surface area is 116 Å². The second-order valence-electron chi connectivity index (χ2n) is 4.77. The number of carboxylic acids is 1. The van der Waals surface area contributed by atoms with E-state index in [1.807, 2.05) is 0 Å². The molecule has 1 aromatic rings. The Kier molecular flexibility index (Phi) is 4.17. The number of likely N-dealkylation sites (tertiary alicyclic amines) is 1. The van der Waals surface area contributed by atoms with E-state index in [9.17, 15) is 9.90 Å². The van der Waals surface area contributed by atoms with Crippen molar-refractivity contribution in [1.82, 2.24) is 4.90 Å². The molecule has 2 N–H and O–H groups in total. The van der Waals surface area contributed by atoms with Crippen molar-refractivity contribution >= 4 is 17.6 Å². The van der Waals surface area contributed by atoms with Crippen LogP contribution in [0, 0.1) is 5.92 Å². The largest absolute Gasteiger partial charge is 0.504 e. The van der Waals surface area contributed by atoms with E-state index in [0.717, 1.165) is 13.1 Å². The van der Waals surface area contributed by atoms with Crippen molar-refractivity contribution in [2.75, 3.05) is 20.2 Å². The third-order valence-electron chi connectivity index (χ3n) is 3.23. The van der Waals surface area contributed by atoms with Gasteiger partial charge in [0.25, 0.3) is 0 Å². The van der Waals surface area contributed by atoms with Crippen LogP contribution in [0.2, 0.25) is 5.02 Å². The third kappa shape index (κ3) is 3.30. The van der Waals surface area contributed by atoms with Gasteiger partial charge in [-0.2, -0.15) is 0 Å². The van der Waals surface area contributed by atoms with Gasteiger partial charge in [0.1, 0.15) is 0 Å². The smallest absolute Gasteiger partial charge is 0.303 e. The highest BCUT2D eigenvalue weighted by molar-refractivity contribution is 6.30. The van der Waals surface area contributed by atoms with Crippen molar-refractivity contribution < 1.29 is 19.7 Å². The molecular formula is C13H16ClNO4. The molecule has 1 saturated heterocycles. The summed E-state index contributed by atoms with van der Waals surface area (Å²) in [5, 5.41) is 19.2. The second kappa shape index (κ2) is 5.67. The first-order valence-electron chi connectivity index (χ1n) is 5.99. The predicted octanol–water partition coefficient (Wildman–Crippen LogP) is 1.96. The zero-order valence-electron chi connectivity index (χ0n) is 10.6. The number of phenols is 1. The van der Waals surface area contributed by atoms with E-state index >= 15 is 0 Å². The molecule has 6 heteroatoms. The maximum absolute atomic E-state index is 10.6. The number of ether oxygens (including phenoxy) is 1. The van der Waals surface area contributed by atoms with Gasteiger partial charge in [0.05, 0.1) is 13.5 Å². The molecule has 2 rings (SSSR count). The molecule has 0 spiro atoms. The van der Waals surface area contributed by atoms with Gasteiger partial charge in [-0.1, -0.05) is 11.6 Å². The van der Waals surface area contributed by atoms with E-state index in [1.54, 1.807) is 12.1 Å².